The van der Waals surface area contributed by atoms with Crippen LogP contribution in [0.3, 0.4) is 0 Å². The molecule has 0 fully saturated rings. The number of rotatable bonds is 8. The van der Waals surface area contributed by atoms with Crippen LogP contribution in [-0.4, -0.2) is 32.3 Å². The highest BCUT2D eigenvalue weighted by molar-refractivity contribution is 7.10. The molecule has 1 N–H and O–H groups in total. The minimum Gasteiger partial charge on any atom is -0.349 e. The third-order valence-electron chi connectivity index (χ3n) is 6.26. The Morgan fingerprint density at radius 2 is 1.89 bits per heavy atom. The van der Waals surface area contributed by atoms with Crippen LogP contribution < -0.4 is 10.2 Å². The molecule has 35 heavy (non-hydrogen) atoms. The van der Waals surface area contributed by atoms with Crippen LogP contribution in [-0.2, 0) is 16.1 Å². The van der Waals surface area contributed by atoms with Crippen molar-refractivity contribution in [3.8, 4) is 0 Å². The Bertz CT molecular complexity index is 1340. The molecule has 182 valence electrons. The van der Waals surface area contributed by atoms with Gasteiger partial charge < -0.3 is 5.32 Å². The minimum atomic E-state index is -0.816. The number of thiophene rings is 1. The van der Waals surface area contributed by atoms with Crippen molar-refractivity contribution in [1.29, 1.82) is 0 Å². The SMILES string of the molecule is CCC(C)(C)NC(=O)[C@@H](c1cccs1)N(C(=O)Cn1nnc2ccccc21)c1cc(C)ccc1C. The van der Waals surface area contributed by atoms with Crippen LogP contribution in [0.15, 0.2) is 60.0 Å². The maximum absolute atomic E-state index is 14.1. The second-order valence-corrected chi connectivity index (χ2v) is 10.4. The Hall–Kier alpha value is -3.52. The van der Waals surface area contributed by atoms with Gasteiger partial charge in [-0.25, -0.2) is 4.68 Å². The van der Waals surface area contributed by atoms with Crippen LogP contribution in [0.2, 0.25) is 0 Å². The van der Waals surface area contributed by atoms with E-state index >= 15 is 0 Å². The number of nitrogens with one attached hydrogen (secondary N) is 1. The maximum atomic E-state index is 14.1. The first-order valence-electron chi connectivity index (χ1n) is 11.7. The van der Waals surface area contributed by atoms with E-state index in [9.17, 15) is 9.59 Å². The lowest BCUT2D eigenvalue weighted by atomic mass is 10.00. The molecule has 0 saturated heterocycles. The van der Waals surface area contributed by atoms with Gasteiger partial charge in [0.1, 0.15) is 18.1 Å². The topological polar surface area (TPSA) is 80.1 Å². The fourth-order valence-corrected chi connectivity index (χ4v) is 4.76. The number of aryl methyl sites for hydroxylation is 2. The summed E-state index contributed by atoms with van der Waals surface area (Å²) in [6.07, 6.45) is 0.762. The van der Waals surface area contributed by atoms with Gasteiger partial charge in [-0.05, 0) is 74.9 Å². The van der Waals surface area contributed by atoms with Crippen molar-refractivity contribution in [1.82, 2.24) is 20.3 Å². The van der Waals surface area contributed by atoms with Crippen LogP contribution in [0.25, 0.3) is 11.0 Å². The summed E-state index contributed by atoms with van der Waals surface area (Å²) in [6, 6.07) is 16.5. The first kappa shape index (κ1) is 24.6. The first-order valence-corrected chi connectivity index (χ1v) is 12.6. The van der Waals surface area contributed by atoms with E-state index in [4.69, 9.17) is 0 Å². The molecular formula is C27H31N5O2S. The second kappa shape index (κ2) is 10.00. The van der Waals surface area contributed by atoms with Crippen molar-refractivity contribution in [3.05, 3.63) is 76.0 Å². The average molecular weight is 490 g/mol. The summed E-state index contributed by atoms with van der Waals surface area (Å²) >= 11 is 1.46. The summed E-state index contributed by atoms with van der Waals surface area (Å²) < 4.78 is 1.59. The predicted octanol–water partition coefficient (Wildman–Crippen LogP) is 5.19. The number of anilines is 1. The lowest BCUT2D eigenvalue weighted by Crippen LogP contribution is -2.51. The Morgan fingerprint density at radius 1 is 1.11 bits per heavy atom. The number of benzene rings is 2. The Morgan fingerprint density at radius 3 is 2.60 bits per heavy atom. The third kappa shape index (κ3) is 5.27. The number of hydrogen-bond donors (Lipinski definition) is 1. The van der Waals surface area contributed by atoms with E-state index in [1.807, 2.05) is 94.6 Å². The fourth-order valence-electron chi connectivity index (χ4n) is 3.95. The monoisotopic (exact) mass is 489 g/mol. The van der Waals surface area contributed by atoms with Gasteiger partial charge in [-0.15, -0.1) is 16.4 Å². The number of carbonyl (C=O) groups excluding carboxylic acids is 2. The molecule has 7 nitrogen and oxygen atoms in total. The van der Waals surface area contributed by atoms with Crippen molar-refractivity contribution in [2.24, 2.45) is 0 Å². The van der Waals surface area contributed by atoms with E-state index in [0.29, 0.717) is 5.69 Å². The molecule has 1 atom stereocenters. The first-order chi connectivity index (χ1) is 16.7. The van der Waals surface area contributed by atoms with Gasteiger partial charge in [0, 0.05) is 16.1 Å². The molecule has 4 aromatic rings. The highest BCUT2D eigenvalue weighted by Gasteiger charge is 2.36. The molecule has 0 saturated carbocycles. The quantitative estimate of drug-likeness (QED) is 0.369. The molecule has 8 heteroatoms. The molecule has 2 aromatic carbocycles. The summed E-state index contributed by atoms with van der Waals surface area (Å²) in [7, 11) is 0. The van der Waals surface area contributed by atoms with Gasteiger partial charge in [0.2, 0.25) is 11.8 Å². The fraction of sp³-hybridized carbons (Fsp3) is 0.333. The zero-order chi connectivity index (χ0) is 25.2. The summed E-state index contributed by atoms with van der Waals surface area (Å²) in [5, 5.41) is 13.5. The molecule has 0 bridgehead atoms. The lowest BCUT2D eigenvalue weighted by Gasteiger charge is -2.34. The number of amides is 2. The lowest BCUT2D eigenvalue weighted by molar-refractivity contribution is -0.128. The van der Waals surface area contributed by atoms with E-state index in [1.165, 1.54) is 11.3 Å². The van der Waals surface area contributed by atoms with Crippen molar-refractivity contribution < 1.29 is 9.59 Å². The number of para-hydroxylation sites is 1. The number of nitrogens with zero attached hydrogens (tertiary/aromatic N) is 4. The van der Waals surface area contributed by atoms with E-state index in [0.717, 1.165) is 33.5 Å². The minimum absolute atomic E-state index is 0.0414. The van der Waals surface area contributed by atoms with Crippen LogP contribution in [0.5, 0.6) is 0 Å². The van der Waals surface area contributed by atoms with E-state index in [-0.39, 0.29) is 18.4 Å². The number of hydrogen-bond acceptors (Lipinski definition) is 5. The molecule has 4 rings (SSSR count). The van der Waals surface area contributed by atoms with Gasteiger partial charge in [0.05, 0.1) is 5.52 Å². The molecule has 0 radical (unpaired) electrons. The van der Waals surface area contributed by atoms with Crippen molar-refractivity contribution in [2.45, 2.75) is 59.2 Å². The number of fused-ring (bicyclic) bond motifs is 1. The second-order valence-electron chi connectivity index (χ2n) is 9.43. The van der Waals surface area contributed by atoms with Gasteiger partial charge in [0.15, 0.2) is 0 Å². The molecule has 0 unspecified atom stereocenters. The van der Waals surface area contributed by atoms with Crippen LogP contribution in [0.1, 0.15) is 49.2 Å². The highest BCUT2D eigenvalue weighted by atomic mass is 32.1. The molecule has 0 spiro atoms. The van der Waals surface area contributed by atoms with Crippen LogP contribution in [0.4, 0.5) is 5.69 Å². The highest BCUT2D eigenvalue weighted by Crippen LogP contribution is 2.34. The van der Waals surface area contributed by atoms with E-state index < -0.39 is 11.6 Å². The normalized spacial score (nSPS) is 12.5. The maximum Gasteiger partial charge on any atom is 0.249 e. The van der Waals surface area contributed by atoms with E-state index in [2.05, 4.69) is 15.6 Å². The zero-order valence-corrected chi connectivity index (χ0v) is 21.6. The summed E-state index contributed by atoms with van der Waals surface area (Å²) in [5.41, 5.74) is 3.71. The Kier molecular flexibility index (Phi) is 7.03. The number of carbonyl (C=O) groups is 2. The summed E-state index contributed by atoms with van der Waals surface area (Å²) in [4.78, 5) is 30.3. The van der Waals surface area contributed by atoms with Gasteiger partial charge in [0.25, 0.3) is 0 Å². The van der Waals surface area contributed by atoms with Gasteiger partial charge in [-0.1, -0.05) is 42.5 Å². The van der Waals surface area contributed by atoms with Gasteiger partial charge >= 0.3 is 0 Å². The van der Waals surface area contributed by atoms with Crippen molar-refractivity contribution in [2.75, 3.05) is 4.90 Å². The zero-order valence-electron chi connectivity index (χ0n) is 20.8. The summed E-state index contributed by atoms with van der Waals surface area (Å²) in [5.74, 6) is -0.450. The smallest absolute Gasteiger partial charge is 0.249 e. The summed E-state index contributed by atoms with van der Waals surface area (Å²) in [6.45, 7) is 9.91. The molecule has 2 aromatic heterocycles. The van der Waals surface area contributed by atoms with Gasteiger partial charge in [-0.3, -0.25) is 14.5 Å². The largest absolute Gasteiger partial charge is 0.349 e. The molecule has 2 amide bonds. The van der Waals surface area contributed by atoms with Crippen LogP contribution in [0, 0.1) is 13.8 Å². The predicted molar refractivity (Wildman–Crippen MR) is 141 cm³/mol. The third-order valence-corrected chi connectivity index (χ3v) is 7.19. The van der Waals surface area contributed by atoms with E-state index in [1.54, 1.807) is 9.58 Å². The Balaban J connectivity index is 1.82. The van der Waals surface area contributed by atoms with Gasteiger partial charge in [-0.2, -0.15) is 0 Å². The molecule has 0 aliphatic carbocycles. The standard InChI is InChI=1S/C27H31N5O2S/c1-6-27(4,5)28-26(34)25(23-12-9-15-35-23)32(22-16-18(2)13-14-19(22)3)24(33)17-31-21-11-8-7-10-20(21)29-30-31/h7-16,25H,6,17H2,1-5H3,(H,28,34)/t25-/m1/s1. The van der Waals surface area contributed by atoms with Crippen LogP contribution >= 0.6 is 11.3 Å². The molecular weight excluding hydrogens is 458 g/mol. The number of aromatic nitrogens is 3. The Labute approximate surface area is 209 Å². The molecule has 2 heterocycles. The van der Waals surface area contributed by atoms with Crippen molar-refractivity contribution >= 4 is 39.9 Å². The average Bonchev–Trinajstić information content (AvgIpc) is 3.49. The van der Waals surface area contributed by atoms with Crippen molar-refractivity contribution in [3.63, 3.8) is 0 Å². The molecule has 0 aliphatic rings. The molecule has 0 aliphatic heterocycles.